The molecule has 0 N–H and O–H groups in total. The minimum absolute atomic E-state index is 0.240. The minimum Gasteiger partial charge on any atom is -0.466 e. The van der Waals surface area contributed by atoms with Crippen LogP contribution in [0.3, 0.4) is 0 Å². The van der Waals surface area contributed by atoms with E-state index in [1.54, 1.807) is 6.92 Å². The van der Waals surface area contributed by atoms with Crippen molar-refractivity contribution >= 4 is 17.8 Å². The molecule has 0 unspecified atom stereocenters. The molecule has 0 aliphatic carbocycles. The van der Waals surface area contributed by atoms with Gasteiger partial charge < -0.3 is 23.7 Å². The average molecular weight is 373 g/mol. The SMILES string of the molecule is CCOC(=O)CCOCCOCCOCCOCCN1C(=O)C=CC1=O. The van der Waals surface area contributed by atoms with Crippen molar-refractivity contribution in [2.45, 2.75) is 13.3 Å². The fourth-order valence-corrected chi connectivity index (χ4v) is 1.96. The van der Waals surface area contributed by atoms with Gasteiger partial charge in [-0.25, -0.2) is 0 Å². The summed E-state index contributed by atoms with van der Waals surface area (Å²) in [5, 5.41) is 0. The van der Waals surface area contributed by atoms with Crippen LogP contribution in [0.1, 0.15) is 13.3 Å². The maximum Gasteiger partial charge on any atom is 0.308 e. The van der Waals surface area contributed by atoms with Crippen LogP contribution >= 0.6 is 0 Å². The lowest BCUT2D eigenvalue weighted by Gasteiger charge is -2.13. The fraction of sp³-hybridized carbons (Fsp3) is 0.706. The molecule has 9 heteroatoms. The molecular weight excluding hydrogens is 346 g/mol. The Bertz CT molecular complexity index is 448. The highest BCUT2D eigenvalue weighted by Gasteiger charge is 2.22. The van der Waals surface area contributed by atoms with E-state index in [9.17, 15) is 14.4 Å². The molecule has 1 aliphatic heterocycles. The summed E-state index contributed by atoms with van der Waals surface area (Å²) in [7, 11) is 0. The van der Waals surface area contributed by atoms with E-state index in [0.29, 0.717) is 52.9 Å². The van der Waals surface area contributed by atoms with Gasteiger partial charge in [0, 0.05) is 12.2 Å². The van der Waals surface area contributed by atoms with Gasteiger partial charge in [0.2, 0.25) is 0 Å². The van der Waals surface area contributed by atoms with E-state index in [-0.39, 0.29) is 37.4 Å². The van der Waals surface area contributed by atoms with Crippen molar-refractivity contribution in [2.24, 2.45) is 0 Å². The zero-order valence-corrected chi connectivity index (χ0v) is 15.1. The summed E-state index contributed by atoms with van der Waals surface area (Å²) in [6.45, 7) is 5.45. The zero-order valence-electron chi connectivity index (χ0n) is 15.1. The number of carbonyl (C=O) groups excluding carboxylic acids is 3. The van der Waals surface area contributed by atoms with Gasteiger partial charge in [0.25, 0.3) is 11.8 Å². The number of rotatable bonds is 16. The Morgan fingerprint density at radius 3 is 1.77 bits per heavy atom. The number of amides is 2. The predicted molar refractivity (Wildman–Crippen MR) is 90.4 cm³/mol. The molecule has 1 aliphatic rings. The van der Waals surface area contributed by atoms with Crippen LogP contribution in [0.2, 0.25) is 0 Å². The van der Waals surface area contributed by atoms with E-state index in [1.807, 2.05) is 0 Å². The Balaban J connectivity index is 1.76. The second-order valence-corrected chi connectivity index (χ2v) is 5.17. The Labute approximate surface area is 153 Å². The van der Waals surface area contributed by atoms with Crippen molar-refractivity contribution in [1.82, 2.24) is 4.90 Å². The highest BCUT2D eigenvalue weighted by molar-refractivity contribution is 6.12. The summed E-state index contributed by atoms with van der Waals surface area (Å²) in [4.78, 5) is 34.7. The Morgan fingerprint density at radius 2 is 1.27 bits per heavy atom. The van der Waals surface area contributed by atoms with Crippen LogP contribution in [0.4, 0.5) is 0 Å². The van der Waals surface area contributed by atoms with Crippen molar-refractivity contribution in [3.63, 3.8) is 0 Å². The third-order valence-electron chi connectivity index (χ3n) is 3.23. The largest absolute Gasteiger partial charge is 0.466 e. The molecule has 1 heterocycles. The molecule has 0 aromatic heterocycles. The van der Waals surface area contributed by atoms with Crippen LogP contribution < -0.4 is 0 Å². The molecule has 1 rings (SSSR count). The van der Waals surface area contributed by atoms with Gasteiger partial charge in [-0.3, -0.25) is 19.3 Å². The van der Waals surface area contributed by atoms with Crippen LogP contribution in [-0.2, 0) is 38.1 Å². The third-order valence-corrected chi connectivity index (χ3v) is 3.23. The topological polar surface area (TPSA) is 101 Å². The first kappa shape index (κ1) is 22.2. The van der Waals surface area contributed by atoms with Crippen molar-refractivity contribution in [1.29, 1.82) is 0 Å². The minimum atomic E-state index is -0.308. The number of esters is 1. The zero-order chi connectivity index (χ0) is 19.0. The Hall–Kier alpha value is -1.81. The van der Waals surface area contributed by atoms with Crippen LogP contribution in [0.15, 0.2) is 12.2 Å². The first-order chi connectivity index (χ1) is 12.6. The number of carbonyl (C=O) groups is 3. The van der Waals surface area contributed by atoms with Gasteiger partial charge in [-0.05, 0) is 6.92 Å². The van der Waals surface area contributed by atoms with Gasteiger partial charge in [0.1, 0.15) is 0 Å². The Morgan fingerprint density at radius 1 is 0.808 bits per heavy atom. The molecule has 0 fully saturated rings. The maximum atomic E-state index is 11.3. The molecular formula is C17H27NO8. The van der Waals surface area contributed by atoms with E-state index in [2.05, 4.69) is 0 Å². The lowest BCUT2D eigenvalue weighted by atomic mass is 10.5. The normalized spacial score (nSPS) is 13.7. The summed E-state index contributed by atoms with van der Waals surface area (Å²) >= 11 is 0. The maximum absolute atomic E-state index is 11.3. The van der Waals surface area contributed by atoms with Crippen molar-refractivity contribution in [3.05, 3.63) is 12.2 Å². The first-order valence-corrected chi connectivity index (χ1v) is 8.65. The molecule has 2 amide bonds. The van der Waals surface area contributed by atoms with Crippen LogP contribution in [-0.4, -0.2) is 88.7 Å². The molecule has 9 nitrogen and oxygen atoms in total. The highest BCUT2D eigenvalue weighted by atomic mass is 16.6. The van der Waals surface area contributed by atoms with Gasteiger partial charge in [0.15, 0.2) is 0 Å². The fourth-order valence-electron chi connectivity index (χ4n) is 1.96. The van der Waals surface area contributed by atoms with Crippen molar-refractivity contribution < 1.29 is 38.1 Å². The number of hydrogen-bond donors (Lipinski definition) is 0. The lowest BCUT2D eigenvalue weighted by Crippen LogP contribution is -2.33. The summed E-state index contributed by atoms with van der Waals surface area (Å²) < 4.78 is 25.9. The summed E-state index contributed by atoms with van der Waals surface area (Å²) in [5.41, 5.74) is 0. The molecule has 0 radical (unpaired) electrons. The van der Waals surface area contributed by atoms with Crippen LogP contribution in [0.5, 0.6) is 0 Å². The second kappa shape index (κ2) is 14.4. The summed E-state index contributed by atoms with van der Waals surface area (Å²) in [6.07, 6.45) is 2.74. The first-order valence-electron chi connectivity index (χ1n) is 8.65. The number of hydrogen-bond acceptors (Lipinski definition) is 8. The van der Waals surface area contributed by atoms with Crippen LogP contribution in [0.25, 0.3) is 0 Å². The van der Waals surface area contributed by atoms with E-state index in [0.717, 1.165) is 4.90 Å². The third kappa shape index (κ3) is 10.2. The predicted octanol–water partition coefficient (Wildman–Crippen LogP) is -0.0690. The standard InChI is InChI=1S/C17H27NO8/c1-2-26-17(21)5-7-22-9-11-24-13-14-25-12-10-23-8-6-18-15(19)3-4-16(18)20/h3-4H,2,5-14H2,1H3. The molecule has 0 bridgehead atoms. The molecule has 0 spiro atoms. The van der Waals surface area contributed by atoms with Gasteiger partial charge in [-0.2, -0.15) is 0 Å². The van der Waals surface area contributed by atoms with Crippen molar-refractivity contribution in [2.75, 3.05) is 66.0 Å². The molecule has 0 saturated heterocycles. The van der Waals surface area contributed by atoms with Crippen molar-refractivity contribution in [3.8, 4) is 0 Å². The smallest absolute Gasteiger partial charge is 0.308 e. The van der Waals surface area contributed by atoms with Gasteiger partial charge in [0.05, 0.1) is 72.4 Å². The number of imide groups is 1. The lowest BCUT2D eigenvalue weighted by molar-refractivity contribution is -0.144. The molecule has 26 heavy (non-hydrogen) atoms. The van der Waals surface area contributed by atoms with E-state index in [4.69, 9.17) is 23.7 Å². The second-order valence-electron chi connectivity index (χ2n) is 5.17. The quantitative estimate of drug-likeness (QED) is 0.211. The van der Waals surface area contributed by atoms with Crippen LogP contribution in [0, 0.1) is 0 Å². The average Bonchev–Trinajstić information content (AvgIpc) is 2.94. The summed E-state index contributed by atoms with van der Waals surface area (Å²) in [6, 6.07) is 0. The molecule has 0 saturated carbocycles. The van der Waals surface area contributed by atoms with Gasteiger partial charge >= 0.3 is 5.97 Å². The number of nitrogens with zero attached hydrogens (tertiary/aromatic N) is 1. The Kier molecular flexibility index (Phi) is 12.3. The molecule has 0 aromatic carbocycles. The van der Waals surface area contributed by atoms with Gasteiger partial charge in [-0.15, -0.1) is 0 Å². The van der Waals surface area contributed by atoms with Gasteiger partial charge in [-0.1, -0.05) is 0 Å². The molecule has 148 valence electrons. The highest BCUT2D eigenvalue weighted by Crippen LogP contribution is 2.02. The molecule has 0 aromatic rings. The van der Waals surface area contributed by atoms with E-state index >= 15 is 0 Å². The number of ether oxygens (including phenoxy) is 5. The molecule has 0 atom stereocenters. The van der Waals surface area contributed by atoms with E-state index in [1.165, 1.54) is 12.2 Å². The monoisotopic (exact) mass is 373 g/mol. The van der Waals surface area contributed by atoms with E-state index < -0.39 is 0 Å². The summed E-state index contributed by atoms with van der Waals surface area (Å²) in [5.74, 6) is -0.881.